The number of rotatable bonds is 7. The molecule has 1 N–H and O–H groups in total. The zero-order valence-electron chi connectivity index (χ0n) is 20.6. The second-order valence-corrected chi connectivity index (χ2v) is 14.5. The molecule has 2 aromatic carbocycles. The van der Waals surface area contributed by atoms with Crippen molar-refractivity contribution in [2.24, 2.45) is 5.92 Å². The van der Waals surface area contributed by atoms with Gasteiger partial charge in [-0.3, -0.25) is 4.90 Å². The van der Waals surface area contributed by atoms with E-state index in [1.54, 1.807) is 23.7 Å². The monoisotopic (exact) mass is 574 g/mol. The summed E-state index contributed by atoms with van der Waals surface area (Å²) < 4.78 is 36.3. The lowest BCUT2D eigenvalue weighted by molar-refractivity contribution is 0.214. The third-order valence-corrected chi connectivity index (χ3v) is 11.9. The summed E-state index contributed by atoms with van der Waals surface area (Å²) in [5.74, 6) is 1.81. The first-order valence-corrected chi connectivity index (χ1v) is 16.4. The predicted octanol–water partition coefficient (Wildman–Crippen LogP) is 6.21. The van der Waals surface area contributed by atoms with Gasteiger partial charge in [-0.05, 0) is 97.9 Å². The van der Waals surface area contributed by atoms with Crippen molar-refractivity contribution >= 4 is 70.5 Å². The van der Waals surface area contributed by atoms with E-state index in [0.29, 0.717) is 15.1 Å². The highest BCUT2D eigenvalue weighted by atomic mass is 35.5. The average molecular weight is 575 g/mol. The first-order valence-electron chi connectivity index (χ1n) is 13.0. The van der Waals surface area contributed by atoms with E-state index < -0.39 is 10.0 Å². The van der Waals surface area contributed by atoms with Crippen LogP contribution in [0.3, 0.4) is 0 Å². The molecule has 4 aromatic rings. The van der Waals surface area contributed by atoms with Crippen molar-refractivity contribution in [3.8, 4) is 0 Å². The van der Waals surface area contributed by atoms with Crippen molar-refractivity contribution in [2.75, 3.05) is 37.6 Å². The first kappa shape index (κ1) is 25.5. The Kier molecular flexibility index (Phi) is 7.44. The van der Waals surface area contributed by atoms with E-state index in [-0.39, 0.29) is 6.04 Å². The minimum Gasteiger partial charge on any atom is -0.353 e. The van der Waals surface area contributed by atoms with Crippen LogP contribution in [0, 0.1) is 5.92 Å². The Morgan fingerprint density at radius 2 is 1.76 bits per heavy atom. The van der Waals surface area contributed by atoms with Gasteiger partial charge >= 0.3 is 0 Å². The van der Waals surface area contributed by atoms with Crippen LogP contribution in [-0.4, -0.2) is 56.5 Å². The van der Waals surface area contributed by atoms with Crippen LogP contribution in [0.5, 0.6) is 0 Å². The van der Waals surface area contributed by atoms with E-state index >= 15 is 0 Å². The van der Waals surface area contributed by atoms with Gasteiger partial charge in [0.15, 0.2) is 0 Å². The number of fused-ring (bicyclic) bond motifs is 2. The molecule has 0 amide bonds. The van der Waals surface area contributed by atoms with Gasteiger partial charge in [-0.1, -0.05) is 23.7 Å². The third-order valence-electron chi connectivity index (χ3n) is 7.77. The average Bonchev–Trinajstić information content (AvgIpc) is 3.53. The summed E-state index contributed by atoms with van der Waals surface area (Å²) in [6, 6.07) is 15.7. The molecule has 1 saturated heterocycles. The van der Waals surface area contributed by atoms with Gasteiger partial charge in [-0.25, -0.2) is 13.1 Å². The van der Waals surface area contributed by atoms with Crippen molar-refractivity contribution in [3.05, 3.63) is 53.6 Å². The second kappa shape index (κ2) is 10.8. The van der Waals surface area contributed by atoms with Crippen LogP contribution in [0.25, 0.3) is 20.2 Å². The molecule has 1 aliphatic heterocycles. The molecule has 6 rings (SSSR count). The fourth-order valence-electron chi connectivity index (χ4n) is 5.62. The Morgan fingerprint density at radius 1 is 0.973 bits per heavy atom. The summed E-state index contributed by atoms with van der Waals surface area (Å²) in [7, 11) is -3.51. The Balaban J connectivity index is 0.955. The smallest absolute Gasteiger partial charge is 0.250 e. The lowest BCUT2D eigenvalue weighted by atomic mass is 9.84. The van der Waals surface area contributed by atoms with Crippen LogP contribution >= 0.6 is 34.5 Å². The number of thiophene rings is 1. The number of piperazine rings is 1. The highest BCUT2D eigenvalue weighted by Gasteiger charge is 2.28. The molecule has 196 valence electrons. The molecule has 0 bridgehead atoms. The van der Waals surface area contributed by atoms with E-state index in [1.807, 2.05) is 12.1 Å². The number of nitrogens with zero attached hydrogens (tertiary/aromatic N) is 3. The van der Waals surface area contributed by atoms with Crippen LogP contribution in [0.1, 0.15) is 32.1 Å². The quantitative estimate of drug-likeness (QED) is 0.284. The number of hydrogen-bond donors (Lipinski definition) is 1. The predicted molar refractivity (Wildman–Crippen MR) is 156 cm³/mol. The molecule has 0 spiro atoms. The second-order valence-electron chi connectivity index (χ2n) is 10.2. The van der Waals surface area contributed by atoms with Crippen LogP contribution in [0.2, 0.25) is 5.02 Å². The molecule has 2 aromatic heterocycles. The molecule has 0 atom stereocenters. The zero-order valence-corrected chi connectivity index (χ0v) is 23.8. The number of hydrogen-bond acceptors (Lipinski definition) is 7. The van der Waals surface area contributed by atoms with E-state index in [9.17, 15) is 8.42 Å². The minimum absolute atomic E-state index is 0.0199. The van der Waals surface area contributed by atoms with E-state index in [2.05, 4.69) is 38.8 Å². The molecule has 0 radical (unpaired) electrons. The number of anilines is 1. The lowest BCUT2D eigenvalue weighted by Gasteiger charge is -2.36. The van der Waals surface area contributed by atoms with Gasteiger partial charge in [0.25, 0.3) is 0 Å². The Labute approximate surface area is 231 Å². The molecule has 10 heteroatoms. The molecule has 0 unspecified atom stereocenters. The van der Waals surface area contributed by atoms with Crippen molar-refractivity contribution in [2.45, 2.75) is 42.4 Å². The van der Waals surface area contributed by atoms with Crippen molar-refractivity contribution < 1.29 is 8.42 Å². The number of benzene rings is 2. The maximum Gasteiger partial charge on any atom is 0.250 e. The summed E-state index contributed by atoms with van der Waals surface area (Å²) >= 11 is 8.96. The van der Waals surface area contributed by atoms with E-state index in [4.69, 9.17) is 16.0 Å². The summed E-state index contributed by atoms with van der Waals surface area (Å²) in [5, 5.41) is 2.77. The molecule has 1 aliphatic carbocycles. The van der Waals surface area contributed by atoms with Gasteiger partial charge < -0.3 is 4.90 Å². The molecule has 37 heavy (non-hydrogen) atoms. The zero-order chi connectivity index (χ0) is 25.4. The summed E-state index contributed by atoms with van der Waals surface area (Å²) in [6.07, 6.45) is 5.17. The molecule has 2 aliphatic rings. The highest BCUT2D eigenvalue weighted by Crippen LogP contribution is 2.33. The number of aromatic nitrogens is 1. The number of sulfonamides is 1. The normalized spacial score (nSPS) is 21.7. The summed E-state index contributed by atoms with van der Waals surface area (Å²) in [6.45, 7) is 5.30. The largest absolute Gasteiger partial charge is 0.353 e. The van der Waals surface area contributed by atoms with Gasteiger partial charge in [-0.2, -0.15) is 4.37 Å². The van der Waals surface area contributed by atoms with Gasteiger partial charge in [0, 0.05) is 47.3 Å². The SMILES string of the molecule is O=S(=O)(NC1CCC(CCN2CCN(c3nsc4ccccc34)CC2)CC1)c1cc2cc(Cl)ccc2s1. The Bertz CT molecular complexity index is 1490. The fourth-order valence-corrected chi connectivity index (χ4v) is 9.29. The van der Waals surface area contributed by atoms with Gasteiger partial charge in [0.1, 0.15) is 10.0 Å². The van der Waals surface area contributed by atoms with E-state index in [0.717, 1.165) is 74.3 Å². The van der Waals surface area contributed by atoms with Crippen molar-refractivity contribution in [3.63, 3.8) is 0 Å². The summed E-state index contributed by atoms with van der Waals surface area (Å²) in [5.41, 5.74) is 0. The molecule has 6 nitrogen and oxygen atoms in total. The summed E-state index contributed by atoms with van der Waals surface area (Å²) in [4.78, 5) is 5.01. The maximum absolute atomic E-state index is 13.0. The maximum atomic E-state index is 13.0. The van der Waals surface area contributed by atoms with Crippen LogP contribution in [-0.2, 0) is 10.0 Å². The third kappa shape index (κ3) is 5.67. The number of halogens is 1. The van der Waals surface area contributed by atoms with Crippen LogP contribution in [0.4, 0.5) is 5.82 Å². The van der Waals surface area contributed by atoms with Gasteiger partial charge in [0.2, 0.25) is 10.0 Å². The fraction of sp³-hybridized carbons (Fsp3) is 0.444. The Morgan fingerprint density at radius 3 is 2.57 bits per heavy atom. The van der Waals surface area contributed by atoms with E-state index in [1.165, 1.54) is 27.8 Å². The molecule has 3 heterocycles. The van der Waals surface area contributed by atoms with Gasteiger partial charge in [0.05, 0.1) is 4.70 Å². The van der Waals surface area contributed by atoms with Gasteiger partial charge in [-0.15, -0.1) is 11.3 Å². The molecular weight excluding hydrogens is 544 g/mol. The topological polar surface area (TPSA) is 65.5 Å². The first-order chi connectivity index (χ1) is 17.9. The Hall–Kier alpha value is -1.75. The molecular formula is C27H31ClN4O2S3. The molecule has 1 saturated carbocycles. The van der Waals surface area contributed by atoms with Crippen molar-refractivity contribution in [1.82, 2.24) is 14.0 Å². The number of nitrogens with one attached hydrogen (secondary N) is 1. The standard InChI is InChI=1S/C27H31ClN4O2S3/c28-21-7-10-24-20(17-21)18-26(35-24)37(33,34)30-22-8-5-19(6-9-22)11-12-31-13-15-32(16-14-31)27-23-3-1-2-4-25(23)36-29-27/h1-4,7,10,17-19,22,30H,5-6,8-9,11-16H2. The highest BCUT2D eigenvalue weighted by molar-refractivity contribution is 7.91. The van der Waals surface area contributed by atoms with Crippen molar-refractivity contribution in [1.29, 1.82) is 0 Å². The molecule has 2 fully saturated rings. The van der Waals surface area contributed by atoms with Crippen LogP contribution < -0.4 is 9.62 Å². The van der Waals surface area contributed by atoms with Crippen LogP contribution in [0.15, 0.2) is 52.7 Å². The lowest BCUT2D eigenvalue weighted by Crippen LogP contribution is -2.47. The minimum atomic E-state index is -3.51.